The minimum absolute atomic E-state index is 0.561. The van der Waals surface area contributed by atoms with Crippen LogP contribution >= 0.6 is 0 Å². The fourth-order valence-corrected chi connectivity index (χ4v) is 3.24. The van der Waals surface area contributed by atoms with Crippen molar-refractivity contribution in [2.75, 3.05) is 66.5 Å². The van der Waals surface area contributed by atoms with Crippen LogP contribution in [0.3, 0.4) is 0 Å². The molecular formula is C21H37N5O. The van der Waals surface area contributed by atoms with Gasteiger partial charge in [0.05, 0.1) is 7.11 Å². The van der Waals surface area contributed by atoms with Gasteiger partial charge in [-0.2, -0.15) is 0 Å². The number of ether oxygens (including phenoxy) is 1. The summed E-state index contributed by atoms with van der Waals surface area (Å²) >= 11 is 0. The Hall–Kier alpha value is -1.79. The molecule has 27 heavy (non-hydrogen) atoms. The second-order valence-corrected chi connectivity index (χ2v) is 7.45. The molecule has 1 atom stereocenters. The van der Waals surface area contributed by atoms with Gasteiger partial charge < -0.3 is 25.2 Å². The number of nitrogens with zero attached hydrogens (tertiary/aromatic N) is 3. The van der Waals surface area contributed by atoms with Crippen LogP contribution in [-0.4, -0.2) is 82.3 Å². The summed E-state index contributed by atoms with van der Waals surface area (Å²) in [7, 11) is 3.89. The van der Waals surface area contributed by atoms with Crippen LogP contribution in [0.2, 0.25) is 0 Å². The van der Waals surface area contributed by atoms with E-state index in [2.05, 4.69) is 53.5 Å². The van der Waals surface area contributed by atoms with E-state index in [4.69, 9.17) is 9.73 Å². The number of nitrogens with one attached hydrogen (secondary N) is 2. The Balaban J connectivity index is 1.73. The lowest BCUT2D eigenvalue weighted by Crippen LogP contribution is -2.46. The molecule has 1 aliphatic heterocycles. The zero-order valence-electron chi connectivity index (χ0n) is 17.5. The number of hydrogen-bond donors (Lipinski definition) is 2. The molecule has 6 nitrogen and oxygen atoms in total. The summed E-state index contributed by atoms with van der Waals surface area (Å²) in [5, 5.41) is 6.80. The summed E-state index contributed by atoms with van der Waals surface area (Å²) in [6.07, 6.45) is 0.964. The molecule has 0 spiro atoms. The Morgan fingerprint density at radius 1 is 1.15 bits per heavy atom. The minimum atomic E-state index is 0.561. The maximum absolute atomic E-state index is 5.21. The van der Waals surface area contributed by atoms with E-state index in [1.807, 2.05) is 12.1 Å². The third kappa shape index (κ3) is 8.18. The van der Waals surface area contributed by atoms with Crippen LogP contribution in [0.25, 0.3) is 0 Å². The van der Waals surface area contributed by atoms with Gasteiger partial charge in [-0.1, -0.05) is 19.1 Å². The Morgan fingerprint density at radius 3 is 2.48 bits per heavy atom. The molecule has 1 aromatic carbocycles. The summed E-state index contributed by atoms with van der Waals surface area (Å²) in [5.41, 5.74) is 1.29. The molecule has 1 saturated heterocycles. The van der Waals surface area contributed by atoms with Crippen molar-refractivity contribution >= 4 is 5.96 Å². The topological polar surface area (TPSA) is 52.1 Å². The third-order valence-corrected chi connectivity index (χ3v) is 4.94. The van der Waals surface area contributed by atoms with Crippen molar-refractivity contribution in [3.05, 3.63) is 29.8 Å². The monoisotopic (exact) mass is 375 g/mol. The fourth-order valence-electron chi connectivity index (χ4n) is 3.24. The molecule has 1 aliphatic rings. The SMILES string of the molecule is CCNC(=NCC(C)CN1CCN(C)CC1)NCCc1ccc(OC)cc1. The Morgan fingerprint density at radius 2 is 1.85 bits per heavy atom. The summed E-state index contributed by atoms with van der Waals surface area (Å²) in [6, 6.07) is 8.24. The van der Waals surface area contributed by atoms with Gasteiger partial charge in [-0.05, 0) is 44.0 Å². The smallest absolute Gasteiger partial charge is 0.191 e. The molecule has 1 heterocycles. The average molecular weight is 376 g/mol. The van der Waals surface area contributed by atoms with E-state index in [0.717, 1.165) is 44.3 Å². The van der Waals surface area contributed by atoms with E-state index >= 15 is 0 Å². The third-order valence-electron chi connectivity index (χ3n) is 4.94. The molecule has 0 aromatic heterocycles. The first-order valence-corrected chi connectivity index (χ1v) is 10.2. The highest BCUT2D eigenvalue weighted by Crippen LogP contribution is 2.11. The molecule has 0 amide bonds. The van der Waals surface area contributed by atoms with E-state index in [0.29, 0.717) is 5.92 Å². The molecule has 152 valence electrons. The number of guanidine groups is 1. The Labute approximate surface area is 165 Å². The Kier molecular flexibility index (Phi) is 9.42. The van der Waals surface area contributed by atoms with E-state index in [1.165, 1.54) is 31.7 Å². The van der Waals surface area contributed by atoms with Gasteiger partial charge in [-0.15, -0.1) is 0 Å². The molecule has 0 bridgehead atoms. The van der Waals surface area contributed by atoms with Gasteiger partial charge in [-0.25, -0.2) is 0 Å². The van der Waals surface area contributed by atoms with Crippen LogP contribution in [0.15, 0.2) is 29.3 Å². The number of likely N-dealkylation sites (N-methyl/N-ethyl adjacent to an activating group) is 1. The van der Waals surface area contributed by atoms with Gasteiger partial charge in [-0.3, -0.25) is 4.99 Å². The summed E-state index contributed by atoms with van der Waals surface area (Å²) in [5.74, 6) is 2.37. The van der Waals surface area contributed by atoms with Crippen molar-refractivity contribution in [1.29, 1.82) is 0 Å². The number of aliphatic imine (C=N–C) groups is 1. The average Bonchev–Trinajstić information content (AvgIpc) is 2.68. The summed E-state index contributed by atoms with van der Waals surface area (Å²) in [4.78, 5) is 9.75. The Bertz CT molecular complexity index is 552. The molecule has 6 heteroatoms. The van der Waals surface area contributed by atoms with Gasteiger partial charge in [0, 0.05) is 52.4 Å². The van der Waals surface area contributed by atoms with Gasteiger partial charge in [0.1, 0.15) is 5.75 Å². The van der Waals surface area contributed by atoms with Crippen LogP contribution < -0.4 is 15.4 Å². The maximum atomic E-state index is 5.21. The molecule has 0 saturated carbocycles. The highest BCUT2D eigenvalue weighted by molar-refractivity contribution is 5.79. The van der Waals surface area contributed by atoms with Crippen LogP contribution in [0.5, 0.6) is 5.75 Å². The first kappa shape index (κ1) is 21.5. The molecule has 1 fully saturated rings. The standard InChI is InChI=1S/C21H37N5O/c1-5-22-21(23-11-10-19-6-8-20(27-4)9-7-19)24-16-18(2)17-26-14-12-25(3)13-15-26/h6-9,18H,5,10-17H2,1-4H3,(H2,22,23,24). The second kappa shape index (κ2) is 11.8. The van der Waals surface area contributed by atoms with Crippen LogP contribution in [0, 0.1) is 5.92 Å². The summed E-state index contributed by atoms with van der Waals surface area (Å²) < 4.78 is 5.21. The van der Waals surface area contributed by atoms with Gasteiger partial charge in [0.2, 0.25) is 0 Å². The van der Waals surface area contributed by atoms with Crippen LogP contribution in [-0.2, 0) is 6.42 Å². The molecule has 2 N–H and O–H groups in total. The first-order chi connectivity index (χ1) is 13.1. The molecule has 0 aliphatic carbocycles. The van der Waals surface area contributed by atoms with Crippen molar-refractivity contribution in [2.24, 2.45) is 10.9 Å². The van der Waals surface area contributed by atoms with E-state index < -0.39 is 0 Å². The van der Waals surface area contributed by atoms with Crippen molar-refractivity contribution in [1.82, 2.24) is 20.4 Å². The largest absolute Gasteiger partial charge is 0.497 e. The normalized spacial score (nSPS) is 17.6. The molecule has 1 unspecified atom stereocenters. The van der Waals surface area contributed by atoms with E-state index in [1.54, 1.807) is 7.11 Å². The van der Waals surface area contributed by atoms with Crippen LogP contribution in [0.1, 0.15) is 19.4 Å². The predicted octanol–water partition coefficient (Wildman–Crippen LogP) is 1.68. The zero-order chi connectivity index (χ0) is 19.5. The van der Waals surface area contributed by atoms with Crippen molar-refractivity contribution < 1.29 is 4.74 Å². The summed E-state index contributed by atoms with van der Waals surface area (Å²) in [6.45, 7) is 12.8. The van der Waals surface area contributed by atoms with Crippen molar-refractivity contribution in [3.8, 4) is 5.75 Å². The lowest BCUT2D eigenvalue weighted by molar-refractivity contribution is 0.140. The maximum Gasteiger partial charge on any atom is 0.191 e. The molecule has 0 radical (unpaired) electrons. The molecule has 2 rings (SSSR count). The fraction of sp³-hybridized carbons (Fsp3) is 0.667. The molecule has 1 aromatic rings. The van der Waals surface area contributed by atoms with Gasteiger partial charge >= 0.3 is 0 Å². The minimum Gasteiger partial charge on any atom is -0.497 e. The lowest BCUT2D eigenvalue weighted by Gasteiger charge is -2.33. The van der Waals surface area contributed by atoms with Crippen LogP contribution in [0.4, 0.5) is 0 Å². The van der Waals surface area contributed by atoms with Gasteiger partial charge in [0.15, 0.2) is 5.96 Å². The lowest BCUT2D eigenvalue weighted by atomic mass is 10.1. The van der Waals surface area contributed by atoms with E-state index in [9.17, 15) is 0 Å². The predicted molar refractivity (Wildman–Crippen MR) is 114 cm³/mol. The first-order valence-electron chi connectivity index (χ1n) is 10.2. The van der Waals surface area contributed by atoms with Crippen molar-refractivity contribution in [3.63, 3.8) is 0 Å². The highest BCUT2D eigenvalue weighted by atomic mass is 16.5. The number of methoxy groups -OCH3 is 1. The van der Waals surface area contributed by atoms with Crippen molar-refractivity contribution in [2.45, 2.75) is 20.3 Å². The van der Waals surface area contributed by atoms with Gasteiger partial charge in [0.25, 0.3) is 0 Å². The van der Waals surface area contributed by atoms with E-state index in [-0.39, 0.29) is 0 Å². The quantitative estimate of drug-likeness (QED) is 0.508. The number of benzene rings is 1. The number of rotatable bonds is 9. The highest BCUT2D eigenvalue weighted by Gasteiger charge is 2.15. The zero-order valence-corrected chi connectivity index (χ0v) is 17.5. The molecular weight excluding hydrogens is 338 g/mol. The number of piperazine rings is 1. The second-order valence-electron chi connectivity index (χ2n) is 7.45. The number of hydrogen-bond acceptors (Lipinski definition) is 4.